The first-order valence-electron chi connectivity index (χ1n) is 16.1. The van der Waals surface area contributed by atoms with Crippen molar-refractivity contribution >= 4 is 34.6 Å². The number of likely N-dealkylation sites (N-methyl/N-ethyl adjacent to an activating group) is 1. The number of aromatic nitrogens is 2. The summed E-state index contributed by atoms with van der Waals surface area (Å²) < 4.78 is 11.0. The summed E-state index contributed by atoms with van der Waals surface area (Å²) in [6.07, 6.45) is 3.92. The van der Waals surface area contributed by atoms with E-state index in [0.717, 1.165) is 57.8 Å². The van der Waals surface area contributed by atoms with Crippen LogP contribution in [0.2, 0.25) is 0 Å². The number of ether oxygens (including phenoxy) is 2. The van der Waals surface area contributed by atoms with E-state index in [1.54, 1.807) is 25.3 Å². The zero-order valence-electron chi connectivity index (χ0n) is 26.7. The van der Waals surface area contributed by atoms with Crippen LogP contribution in [0, 0.1) is 6.57 Å². The third-order valence-corrected chi connectivity index (χ3v) is 9.28. The fourth-order valence-electron chi connectivity index (χ4n) is 6.52. The Morgan fingerprint density at radius 2 is 1.70 bits per heavy atom. The van der Waals surface area contributed by atoms with Gasteiger partial charge in [0.1, 0.15) is 11.4 Å². The number of carbonyl (C=O) groups is 1. The quantitative estimate of drug-likeness (QED) is 0.296. The van der Waals surface area contributed by atoms with Crippen molar-refractivity contribution in [3.63, 3.8) is 0 Å². The molecule has 242 valence electrons. The van der Waals surface area contributed by atoms with Crippen molar-refractivity contribution in [2.75, 3.05) is 82.2 Å². The van der Waals surface area contributed by atoms with Crippen molar-refractivity contribution < 1.29 is 14.3 Å². The fourth-order valence-corrected chi connectivity index (χ4v) is 6.52. The van der Waals surface area contributed by atoms with Crippen LogP contribution >= 0.6 is 0 Å². The number of carbonyl (C=O) groups excluding carboxylic acids is 1. The van der Waals surface area contributed by atoms with E-state index >= 15 is 0 Å². The highest BCUT2D eigenvalue weighted by Gasteiger charge is 2.27. The molecule has 0 radical (unpaired) electrons. The molecular weight excluding hydrogens is 582 g/mol. The van der Waals surface area contributed by atoms with Crippen LogP contribution in [0.15, 0.2) is 42.5 Å². The maximum Gasteiger partial charge on any atom is 0.271 e. The van der Waals surface area contributed by atoms with Crippen molar-refractivity contribution in [3.05, 3.63) is 59.6 Å². The second-order valence-corrected chi connectivity index (χ2v) is 12.2. The molecule has 4 N–H and O–H groups in total. The van der Waals surface area contributed by atoms with Gasteiger partial charge in [-0.05, 0) is 69.1 Å². The van der Waals surface area contributed by atoms with Gasteiger partial charge in [0.2, 0.25) is 0 Å². The predicted octanol–water partition coefficient (Wildman–Crippen LogP) is 4.35. The van der Waals surface area contributed by atoms with Gasteiger partial charge in [-0.2, -0.15) is 0 Å². The molecule has 12 nitrogen and oxygen atoms in total. The van der Waals surface area contributed by atoms with Crippen molar-refractivity contribution in [1.29, 1.82) is 0 Å². The Morgan fingerprint density at radius 1 is 0.978 bits per heavy atom. The van der Waals surface area contributed by atoms with Crippen LogP contribution in [0.3, 0.4) is 0 Å². The van der Waals surface area contributed by atoms with Gasteiger partial charge in [-0.3, -0.25) is 9.69 Å². The molecule has 1 amide bonds. The first-order valence-corrected chi connectivity index (χ1v) is 16.1. The third-order valence-electron chi connectivity index (χ3n) is 9.28. The van der Waals surface area contributed by atoms with Crippen LogP contribution in [0.5, 0.6) is 5.75 Å². The van der Waals surface area contributed by atoms with Gasteiger partial charge >= 0.3 is 0 Å². The Balaban J connectivity index is 1.24. The van der Waals surface area contributed by atoms with Crippen molar-refractivity contribution in [2.24, 2.45) is 5.73 Å². The number of nitrogens with one attached hydrogen (secondary N) is 2. The number of piperidine rings is 1. The number of primary amides is 1. The largest absolute Gasteiger partial charge is 0.497 e. The molecule has 3 saturated heterocycles. The first-order chi connectivity index (χ1) is 22.4. The second kappa shape index (κ2) is 14.3. The molecule has 0 atom stereocenters. The lowest BCUT2D eigenvalue weighted by molar-refractivity contribution is 0.0904. The Bertz CT molecular complexity index is 1550. The van der Waals surface area contributed by atoms with Crippen LogP contribution in [0.25, 0.3) is 16.1 Å². The Labute approximate surface area is 270 Å². The number of rotatable bonds is 9. The number of anilines is 4. The number of benzene rings is 2. The SMILES string of the molecule is [C-]#[N+]c1ccc(OC)cc1-c1nc(C(N)=O)c(Nc2ccc(N3CCC(N4CCN(C)CC4)CC3)cc2)nc1NC1CCOCC1. The molecule has 3 aliphatic rings. The average molecular weight is 626 g/mol. The normalized spacial score (nSPS) is 18.6. The minimum atomic E-state index is -0.721. The average Bonchev–Trinajstić information content (AvgIpc) is 3.09. The van der Waals surface area contributed by atoms with Crippen molar-refractivity contribution in [1.82, 2.24) is 19.8 Å². The summed E-state index contributed by atoms with van der Waals surface area (Å²) in [4.78, 5) is 33.5. The minimum absolute atomic E-state index is 0.0127. The second-order valence-electron chi connectivity index (χ2n) is 12.2. The summed E-state index contributed by atoms with van der Waals surface area (Å²) in [5, 5.41) is 6.80. The van der Waals surface area contributed by atoms with Gasteiger partial charge in [0.15, 0.2) is 23.0 Å². The van der Waals surface area contributed by atoms with Crippen LogP contribution in [-0.4, -0.2) is 104 Å². The monoisotopic (exact) mass is 625 g/mol. The van der Waals surface area contributed by atoms with E-state index in [0.29, 0.717) is 47.8 Å². The molecule has 3 aliphatic heterocycles. The molecule has 2 aromatic carbocycles. The Kier molecular flexibility index (Phi) is 9.82. The first kappa shape index (κ1) is 31.5. The molecule has 4 heterocycles. The van der Waals surface area contributed by atoms with E-state index in [2.05, 4.69) is 49.4 Å². The molecular formula is C34H43N9O3. The Morgan fingerprint density at radius 3 is 2.35 bits per heavy atom. The predicted molar refractivity (Wildman–Crippen MR) is 180 cm³/mol. The van der Waals surface area contributed by atoms with Crippen LogP contribution in [-0.2, 0) is 4.74 Å². The van der Waals surface area contributed by atoms with Crippen molar-refractivity contribution in [2.45, 2.75) is 37.8 Å². The lowest BCUT2D eigenvalue weighted by Crippen LogP contribution is -2.52. The molecule has 0 aliphatic carbocycles. The van der Waals surface area contributed by atoms with Gasteiger partial charge < -0.3 is 35.6 Å². The molecule has 0 unspecified atom stereocenters. The lowest BCUT2D eigenvalue weighted by atomic mass is 10.0. The lowest BCUT2D eigenvalue weighted by Gasteiger charge is -2.42. The van der Waals surface area contributed by atoms with Crippen LogP contribution < -0.4 is 26.0 Å². The molecule has 3 aromatic rings. The minimum Gasteiger partial charge on any atom is -0.497 e. The molecule has 12 heteroatoms. The maximum atomic E-state index is 12.7. The topological polar surface area (TPSA) is 125 Å². The van der Waals surface area contributed by atoms with E-state index < -0.39 is 5.91 Å². The summed E-state index contributed by atoms with van der Waals surface area (Å²) >= 11 is 0. The highest BCUT2D eigenvalue weighted by Crippen LogP contribution is 2.38. The van der Waals surface area contributed by atoms with Crippen LogP contribution in [0.1, 0.15) is 36.2 Å². The van der Waals surface area contributed by atoms with E-state index in [1.807, 2.05) is 12.1 Å². The number of nitrogens with two attached hydrogens (primary N) is 1. The molecule has 0 bridgehead atoms. The van der Waals surface area contributed by atoms with Gasteiger partial charge in [0.25, 0.3) is 5.91 Å². The van der Waals surface area contributed by atoms with Crippen molar-refractivity contribution in [3.8, 4) is 17.0 Å². The summed E-state index contributed by atoms with van der Waals surface area (Å²) in [6, 6.07) is 14.1. The highest BCUT2D eigenvalue weighted by molar-refractivity contribution is 5.98. The molecule has 0 spiro atoms. The molecule has 1 aromatic heterocycles. The molecule has 3 fully saturated rings. The van der Waals surface area contributed by atoms with Crippen LogP contribution in [0.4, 0.5) is 28.7 Å². The number of amides is 1. The van der Waals surface area contributed by atoms with E-state index in [9.17, 15) is 4.79 Å². The zero-order chi connectivity index (χ0) is 32.0. The number of hydrogen-bond acceptors (Lipinski definition) is 10. The van der Waals surface area contributed by atoms with Gasteiger partial charge in [-0.25, -0.2) is 14.8 Å². The number of nitrogens with zero attached hydrogens (tertiary/aromatic N) is 6. The fraction of sp³-hybridized carbons (Fsp3) is 0.471. The van der Waals surface area contributed by atoms with Gasteiger partial charge in [-0.1, -0.05) is 6.07 Å². The summed E-state index contributed by atoms with van der Waals surface area (Å²) in [5.74, 6) is 0.546. The number of methoxy groups -OCH3 is 1. The number of piperazine rings is 1. The van der Waals surface area contributed by atoms with E-state index in [-0.39, 0.29) is 17.6 Å². The van der Waals surface area contributed by atoms with Gasteiger partial charge in [0, 0.05) is 81.5 Å². The summed E-state index contributed by atoms with van der Waals surface area (Å²) in [5.41, 5.74) is 9.02. The summed E-state index contributed by atoms with van der Waals surface area (Å²) in [7, 11) is 3.76. The molecule has 46 heavy (non-hydrogen) atoms. The maximum absolute atomic E-state index is 12.7. The highest BCUT2D eigenvalue weighted by atomic mass is 16.5. The number of hydrogen-bond donors (Lipinski definition) is 3. The standard InChI is InChI=1S/C34H43N9O3/c1-36-29-9-8-27(45-3)22-28(29)30-33(38-24-12-20-46-21-13-24)40-34(31(39-30)32(35)44)37-23-4-6-25(7-5-23)42-14-10-26(11-15-42)43-18-16-41(2)17-19-43/h4-9,22,24,26H,10-21H2,2-3H3,(H2,35,44)(H2,37,38,40). The Hall–Kier alpha value is -4.44. The van der Waals surface area contributed by atoms with Gasteiger partial charge in [-0.15, -0.1) is 0 Å². The summed E-state index contributed by atoms with van der Waals surface area (Å²) in [6.45, 7) is 15.7. The molecule has 6 rings (SSSR count). The zero-order valence-corrected chi connectivity index (χ0v) is 26.7. The van der Waals surface area contributed by atoms with Gasteiger partial charge in [0.05, 0.1) is 13.7 Å². The third kappa shape index (κ3) is 7.17. The smallest absolute Gasteiger partial charge is 0.271 e. The van der Waals surface area contributed by atoms with E-state index in [1.165, 1.54) is 18.5 Å². The molecule has 0 saturated carbocycles. The van der Waals surface area contributed by atoms with E-state index in [4.69, 9.17) is 31.7 Å².